The fourth-order valence-corrected chi connectivity index (χ4v) is 1.86. The predicted molar refractivity (Wildman–Crippen MR) is 64.1 cm³/mol. The van der Waals surface area contributed by atoms with Gasteiger partial charge in [-0.2, -0.15) is 0 Å². The van der Waals surface area contributed by atoms with Crippen LogP contribution in [0.15, 0.2) is 24.3 Å². The highest BCUT2D eigenvalue weighted by molar-refractivity contribution is 5.94. The highest BCUT2D eigenvalue weighted by Gasteiger charge is 2.32. The molecular formula is C13H17FN2O. The van der Waals surface area contributed by atoms with Gasteiger partial charge >= 0.3 is 0 Å². The van der Waals surface area contributed by atoms with E-state index < -0.39 is 0 Å². The summed E-state index contributed by atoms with van der Waals surface area (Å²) in [5, 5.41) is 0. The zero-order valence-corrected chi connectivity index (χ0v) is 9.73. The first kappa shape index (κ1) is 12.0. The summed E-state index contributed by atoms with van der Waals surface area (Å²) in [4.78, 5) is 14.1. The topological polar surface area (TPSA) is 46.3 Å². The van der Waals surface area contributed by atoms with Crippen molar-refractivity contribution in [2.75, 3.05) is 13.1 Å². The van der Waals surface area contributed by atoms with E-state index in [-0.39, 0.29) is 11.7 Å². The molecule has 17 heavy (non-hydrogen) atoms. The largest absolute Gasteiger partial charge is 0.336 e. The maximum Gasteiger partial charge on any atom is 0.254 e. The van der Waals surface area contributed by atoms with E-state index in [0.717, 1.165) is 19.3 Å². The van der Waals surface area contributed by atoms with E-state index in [0.29, 0.717) is 24.7 Å². The van der Waals surface area contributed by atoms with E-state index in [1.165, 1.54) is 24.3 Å². The van der Waals surface area contributed by atoms with Crippen molar-refractivity contribution in [3.63, 3.8) is 0 Å². The summed E-state index contributed by atoms with van der Waals surface area (Å²) < 4.78 is 12.8. The minimum absolute atomic E-state index is 0.0130. The van der Waals surface area contributed by atoms with Gasteiger partial charge in [-0.3, -0.25) is 4.79 Å². The van der Waals surface area contributed by atoms with Crippen molar-refractivity contribution in [1.82, 2.24) is 4.90 Å². The Bertz CT molecular complexity index is 387. The summed E-state index contributed by atoms with van der Waals surface area (Å²) in [5.41, 5.74) is 6.02. The van der Waals surface area contributed by atoms with Crippen LogP contribution in [0.2, 0.25) is 0 Å². The van der Waals surface area contributed by atoms with Crippen molar-refractivity contribution < 1.29 is 9.18 Å². The first-order valence-electron chi connectivity index (χ1n) is 5.99. The molecule has 0 radical (unpaired) electrons. The molecule has 3 nitrogen and oxygen atoms in total. The van der Waals surface area contributed by atoms with Crippen LogP contribution < -0.4 is 5.73 Å². The summed E-state index contributed by atoms with van der Waals surface area (Å²) in [6.07, 6.45) is 2.94. The van der Waals surface area contributed by atoms with Crippen LogP contribution in [0.1, 0.15) is 29.6 Å². The molecule has 0 aromatic heterocycles. The summed E-state index contributed by atoms with van der Waals surface area (Å²) in [5.74, 6) is -0.331. The van der Waals surface area contributed by atoms with Gasteiger partial charge in [-0.15, -0.1) is 0 Å². The van der Waals surface area contributed by atoms with E-state index in [2.05, 4.69) is 0 Å². The van der Waals surface area contributed by atoms with Crippen LogP contribution in [0.3, 0.4) is 0 Å². The highest BCUT2D eigenvalue weighted by atomic mass is 19.1. The number of carbonyl (C=O) groups excluding carboxylic acids is 1. The van der Waals surface area contributed by atoms with E-state index >= 15 is 0 Å². The van der Waals surface area contributed by atoms with Gasteiger partial charge in [0.15, 0.2) is 0 Å². The molecule has 1 fully saturated rings. The molecule has 0 heterocycles. The van der Waals surface area contributed by atoms with Crippen molar-refractivity contribution in [1.29, 1.82) is 0 Å². The van der Waals surface area contributed by atoms with E-state index in [4.69, 9.17) is 5.73 Å². The third kappa shape index (κ3) is 3.03. The molecule has 1 amide bonds. The monoisotopic (exact) mass is 236 g/mol. The van der Waals surface area contributed by atoms with Gasteiger partial charge in [0.1, 0.15) is 5.82 Å². The summed E-state index contributed by atoms with van der Waals surface area (Å²) in [6, 6.07) is 6.08. The summed E-state index contributed by atoms with van der Waals surface area (Å²) in [6.45, 7) is 1.28. The molecular weight excluding hydrogens is 219 g/mol. The Kier molecular flexibility index (Phi) is 3.74. The number of halogens is 1. The van der Waals surface area contributed by atoms with Crippen molar-refractivity contribution in [3.05, 3.63) is 35.6 Å². The van der Waals surface area contributed by atoms with Gasteiger partial charge in [-0.05, 0) is 50.1 Å². The van der Waals surface area contributed by atoms with E-state index in [9.17, 15) is 9.18 Å². The molecule has 0 aliphatic heterocycles. The Morgan fingerprint density at radius 2 is 2.00 bits per heavy atom. The minimum Gasteiger partial charge on any atom is -0.336 e. The smallest absolute Gasteiger partial charge is 0.254 e. The van der Waals surface area contributed by atoms with Gasteiger partial charge in [0.05, 0.1) is 0 Å². The van der Waals surface area contributed by atoms with Crippen molar-refractivity contribution in [2.45, 2.75) is 25.3 Å². The van der Waals surface area contributed by atoms with Gasteiger partial charge in [-0.25, -0.2) is 4.39 Å². The zero-order chi connectivity index (χ0) is 12.3. The molecule has 0 bridgehead atoms. The lowest BCUT2D eigenvalue weighted by atomic mass is 10.2. The zero-order valence-electron chi connectivity index (χ0n) is 9.73. The number of amides is 1. The standard InChI is InChI=1S/C13H17FN2O/c14-11-4-2-10(3-5-11)13(17)16(9-1-8-15)12-6-7-12/h2-5,12H,1,6-9,15H2. The van der Waals surface area contributed by atoms with Gasteiger partial charge < -0.3 is 10.6 Å². The lowest BCUT2D eigenvalue weighted by molar-refractivity contribution is 0.0742. The van der Waals surface area contributed by atoms with Crippen LogP contribution in [-0.4, -0.2) is 29.9 Å². The average Bonchev–Trinajstić information content (AvgIpc) is 3.14. The second-order valence-corrected chi connectivity index (χ2v) is 4.38. The highest BCUT2D eigenvalue weighted by Crippen LogP contribution is 2.28. The quantitative estimate of drug-likeness (QED) is 0.847. The normalized spacial score (nSPS) is 14.7. The summed E-state index contributed by atoms with van der Waals surface area (Å²) in [7, 11) is 0. The molecule has 92 valence electrons. The maximum atomic E-state index is 12.8. The van der Waals surface area contributed by atoms with Crippen molar-refractivity contribution >= 4 is 5.91 Å². The first-order chi connectivity index (χ1) is 8.22. The second kappa shape index (κ2) is 5.27. The van der Waals surface area contributed by atoms with Gasteiger partial charge in [-0.1, -0.05) is 0 Å². The van der Waals surface area contributed by atoms with E-state index in [1.807, 2.05) is 4.90 Å². The molecule has 2 rings (SSSR count). The molecule has 4 heteroatoms. The fourth-order valence-electron chi connectivity index (χ4n) is 1.86. The molecule has 1 aromatic rings. The Labute approximate surface area is 100 Å². The Balaban J connectivity index is 2.07. The first-order valence-corrected chi connectivity index (χ1v) is 5.99. The molecule has 1 aliphatic rings. The Morgan fingerprint density at radius 1 is 1.35 bits per heavy atom. The second-order valence-electron chi connectivity index (χ2n) is 4.38. The lowest BCUT2D eigenvalue weighted by Crippen LogP contribution is -2.34. The fraction of sp³-hybridized carbons (Fsp3) is 0.462. The lowest BCUT2D eigenvalue weighted by Gasteiger charge is -2.22. The van der Waals surface area contributed by atoms with Crippen LogP contribution in [0.25, 0.3) is 0 Å². The number of rotatable bonds is 5. The third-order valence-corrected chi connectivity index (χ3v) is 2.94. The number of nitrogens with zero attached hydrogens (tertiary/aromatic N) is 1. The molecule has 0 atom stereocenters. The third-order valence-electron chi connectivity index (χ3n) is 2.94. The van der Waals surface area contributed by atoms with Gasteiger partial charge in [0.2, 0.25) is 0 Å². The van der Waals surface area contributed by atoms with E-state index in [1.54, 1.807) is 0 Å². The SMILES string of the molecule is NCCCN(C(=O)c1ccc(F)cc1)C1CC1. The predicted octanol–water partition coefficient (Wildman–Crippen LogP) is 1.78. The minimum atomic E-state index is -0.318. The van der Waals surface area contributed by atoms with Gasteiger partial charge in [0.25, 0.3) is 5.91 Å². The molecule has 1 aliphatic carbocycles. The summed E-state index contributed by atoms with van der Waals surface area (Å²) >= 11 is 0. The van der Waals surface area contributed by atoms with Crippen LogP contribution in [-0.2, 0) is 0 Å². The van der Waals surface area contributed by atoms with Crippen LogP contribution >= 0.6 is 0 Å². The van der Waals surface area contributed by atoms with Crippen molar-refractivity contribution in [2.24, 2.45) is 5.73 Å². The number of benzene rings is 1. The molecule has 0 saturated heterocycles. The maximum absolute atomic E-state index is 12.8. The number of carbonyl (C=O) groups is 1. The van der Waals surface area contributed by atoms with Crippen molar-refractivity contribution in [3.8, 4) is 0 Å². The van der Waals surface area contributed by atoms with Crippen LogP contribution in [0.5, 0.6) is 0 Å². The number of nitrogens with two attached hydrogens (primary N) is 1. The van der Waals surface area contributed by atoms with Gasteiger partial charge in [0, 0.05) is 18.2 Å². The molecule has 0 spiro atoms. The molecule has 1 saturated carbocycles. The number of hydrogen-bond donors (Lipinski definition) is 1. The average molecular weight is 236 g/mol. The van der Waals surface area contributed by atoms with Crippen LogP contribution in [0.4, 0.5) is 4.39 Å². The van der Waals surface area contributed by atoms with Crippen LogP contribution in [0, 0.1) is 5.82 Å². The Morgan fingerprint density at radius 3 is 2.53 bits per heavy atom. The number of hydrogen-bond acceptors (Lipinski definition) is 2. The Hall–Kier alpha value is -1.42. The molecule has 1 aromatic carbocycles. The molecule has 2 N–H and O–H groups in total. The molecule has 0 unspecified atom stereocenters.